The van der Waals surface area contributed by atoms with E-state index in [2.05, 4.69) is 27.3 Å². The summed E-state index contributed by atoms with van der Waals surface area (Å²) < 4.78 is 0. The standard InChI is InChI=1S/C23H25N3O/c27-23(21-15-24-22-7-2-1-6-20(21)22)25-18-9-8-16-10-12-26(19-4-3-5-19)13-11-17(16)14-18/h1-2,6-9,14-15,19,24H,3-5,10-13H2,(H,25,27). The quantitative estimate of drug-likeness (QED) is 0.729. The Balaban J connectivity index is 1.33. The van der Waals surface area contributed by atoms with Gasteiger partial charge in [-0.3, -0.25) is 9.69 Å². The largest absolute Gasteiger partial charge is 0.360 e. The van der Waals surface area contributed by atoms with Crippen molar-refractivity contribution in [3.05, 3.63) is 65.4 Å². The van der Waals surface area contributed by atoms with E-state index in [1.54, 1.807) is 6.20 Å². The SMILES string of the molecule is O=C(Nc1ccc2c(c1)CCN(C1CCC1)CC2)c1c[nH]c2ccccc12. The number of fused-ring (bicyclic) bond motifs is 2. The van der Waals surface area contributed by atoms with Gasteiger partial charge < -0.3 is 10.3 Å². The van der Waals surface area contributed by atoms with Crippen molar-refractivity contribution in [1.29, 1.82) is 0 Å². The topological polar surface area (TPSA) is 48.1 Å². The lowest BCUT2D eigenvalue weighted by Gasteiger charge is -2.36. The van der Waals surface area contributed by atoms with Crippen LogP contribution in [0.2, 0.25) is 0 Å². The normalized spacial score (nSPS) is 17.9. The third-order valence-electron chi connectivity index (χ3n) is 6.23. The number of H-pyrrole nitrogens is 1. The molecule has 0 spiro atoms. The Kier molecular flexibility index (Phi) is 4.21. The van der Waals surface area contributed by atoms with Crippen LogP contribution in [0.15, 0.2) is 48.7 Å². The number of para-hydroxylation sites is 1. The zero-order valence-electron chi connectivity index (χ0n) is 15.5. The van der Waals surface area contributed by atoms with Gasteiger partial charge in [-0.2, -0.15) is 0 Å². The van der Waals surface area contributed by atoms with Gasteiger partial charge in [-0.1, -0.05) is 30.7 Å². The van der Waals surface area contributed by atoms with E-state index in [9.17, 15) is 4.79 Å². The van der Waals surface area contributed by atoms with Gasteiger partial charge in [0, 0.05) is 41.9 Å². The van der Waals surface area contributed by atoms with E-state index in [0.717, 1.165) is 42.0 Å². The fourth-order valence-electron chi connectivity index (χ4n) is 4.40. The molecule has 2 aromatic carbocycles. The summed E-state index contributed by atoms with van der Waals surface area (Å²) in [5.41, 5.74) is 5.38. The number of aromatic nitrogens is 1. The first-order valence-electron chi connectivity index (χ1n) is 10.0. The summed E-state index contributed by atoms with van der Waals surface area (Å²) in [7, 11) is 0. The number of benzene rings is 2. The maximum Gasteiger partial charge on any atom is 0.257 e. The van der Waals surface area contributed by atoms with Crippen LogP contribution in [0, 0.1) is 0 Å². The van der Waals surface area contributed by atoms with E-state index < -0.39 is 0 Å². The molecule has 0 bridgehead atoms. The molecule has 2 aliphatic rings. The Hall–Kier alpha value is -2.59. The number of hydrogen-bond acceptors (Lipinski definition) is 2. The minimum absolute atomic E-state index is 0.0582. The van der Waals surface area contributed by atoms with E-state index in [0.29, 0.717) is 5.56 Å². The minimum Gasteiger partial charge on any atom is -0.360 e. The molecular formula is C23H25N3O. The van der Waals surface area contributed by atoms with Gasteiger partial charge in [0.2, 0.25) is 0 Å². The number of amides is 1. The molecule has 1 aliphatic carbocycles. The fourth-order valence-corrected chi connectivity index (χ4v) is 4.40. The summed E-state index contributed by atoms with van der Waals surface area (Å²) in [6.45, 7) is 2.30. The van der Waals surface area contributed by atoms with Gasteiger partial charge in [0.05, 0.1) is 5.56 Å². The van der Waals surface area contributed by atoms with Gasteiger partial charge in [0.25, 0.3) is 5.91 Å². The molecule has 1 fully saturated rings. The molecule has 27 heavy (non-hydrogen) atoms. The molecule has 1 saturated carbocycles. The number of hydrogen-bond donors (Lipinski definition) is 2. The number of nitrogens with zero attached hydrogens (tertiary/aromatic N) is 1. The first-order valence-corrected chi connectivity index (χ1v) is 10.0. The second-order valence-electron chi connectivity index (χ2n) is 7.81. The molecule has 0 unspecified atom stereocenters. The summed E-state index contributed by atoms with van der Waals surface area (Å²) >= 11 is 0. The van der Waals surface area contributed by atoms with Crippen LogP contribution in [0.4, 0.5) is 5.69 Å². The molecular weight excluding hydrogens is 334 g/mol. The highest BCUT2D eigenvalue weighted by molar-refractivity contribution is 6.12. The third kappa shape index (κ3) is 3.15. The Morgan fingerprint density at radius 3 is 2.67 bits per heavy atom. The highest BCUT2D eigenvalue weighted by atomic mass is 16.1. The van der Waals surface area contributed by atoms with Crippen molar-refractivity contribution in [3.63, 3.8) is 0 Å². The fraction of sp³-hybridized carbons (Fsp3) is 0.348. The van der Waals surface area contributed by atoms with Crippen LogP contribution < -0.4 is 5.32 Å². The smallest absolute Gasteiger partial charge is 0.257 e. The Morgan fingerprint density at radius 1 is 1.04 bits per heavy atom. The van der Waals surface area contributed by atoms with E-state index >= 15 is 0 Å². The number of carbonyl (C=O) groups is 1. The van der Waals surface area contributed by atoms with E-state index in [4.69, 9.17) is 0 Å². The summed E-state index contributed by atoms with van der Waals surface area (Å²) in [6, 6.07) is 15.1. The van der Waals surface area contributed by atoms with Gasteiger partial charge in [-0.05, 0) is 55.0 Å². The summed E-state index contributed by atoms with van der Waals surface area (Å²) in [6.07, 6.45) is 8.09. The van der Waals surface area contributed by atoms with Crippen molar-refractivity contribution in [1.82, 2.24) is 9.88 Å². The van der Waals surface area contributed by atoms with Crippen molar-refractivity contribution in [2.75, 3.05) is 18.4 Å². The zero-order chi connectivity index (χ0) is 18.2. The molecule has 1 aromatic heterocycles. The maximum atomic E-state index is 12.8. The van der Waals surface area contributed by atoms with Crippen molar-refractivity contribution < 1.29 is 4.79 Å². The van der Waals surface area contributed by atoms with Crippen LogP contribution in [0.25, 0.3) is 10.9 Å². The molecule has 2 heterocycles. The average molecular weight is 359 g/mol. The van der Waals surface area contributed by atoms with E-state index in [1.165, 1.54) is 36.9 Å². The molecule has 2 N–H and O–H groups in total. The van der Waals surface area contributed by atoms with Gasteiger partial charge in [0.1, 0.15) is 0 Å². The average Bonchev–Trinajstić information content (AvgIpc) is 2.97. The van der Waals surface area contributed by atoms with Gasteiger partial charge in [-0.15, -0.1) is 0 Å². The minimum atomic E-state index is -0.0582. The number of rotatable bonds is 3. The van der Waals surface area contributed by atoms with Crippen LogP contribution in [-0.4, -0.2) is 34.9 Å². The van der Waals surface area contributed by atoms with Crippen LogP contribution in [-0.2, 0) is 12.8 Å². The number of anilines is 1. The second kappa shape index (κ2) is 6.86. The molecule has 0 radical (unpaired) electrons. The zero-order valence-corrected chi connectivity index (χ0v) is 15.5. The number of nitrogens with one attached hydrogen (secondary N) is 2. The van der Waals surface area contributed by atoms with Crippen molar-refractivity contribution >= 4 is 22.5 Å². The van der Waals surface area contributed by atoms with Crippen LogP contribution in [0.1, 0.15) is 40.7 Å². The van der Waals surface area contributed by atoms with Crippen molar-refractivity contribution in [2.24, 2.45) is 0 Å². The van der Waals surface area contributed by atoms with Crippen molar-refractivity contribution in [2.45, 2.75) is 38.1 Å². The number of aromatic amines is 1. The second-order valence-corrected chi connectivity index (χ2v) is 7.81. The lowest BCUT2D eigenvalue weighted by molar-refractivity contribution is 0.102. The summed E-state index contributed by atoms with van der Waals surface area (Å²) in [5.74, 6) is -0.0582. The first-order chi connectivity index (χ1) is 13.3. The summed E-state index contributed by atoms with van der Waals surface area (Å²) in [4.78, 5) is 18.6. The van der Waals surface area contributed by atoms with Crippen molar-refractivity contribution in [3.8, 4) is 0 Å². The van der Waals surface area contributed by atoms with Gasteiger partial charge >= 0.3 is 0 Å². The molecule has 138 valence electrons. The highest BCUT2D eigenvalue weighted by Crippen LogP contribution is 2.28. The van der Waals surface area contributed by atoms with Crippen LogP contribution >= 0.6 is 0 Å². The lowest BCUT2D eigenvalue weighted by Crippen LogP contribution is -2.41. The number of carbonyl (C=O) groups excluding carboxylic acids is 1. The monoisotopic (exact) mass is 359 g/mol. The van der Waals surface area contributed by atoms with Crippen LogP contribution in [0.3, 0.4) is 0 Å². The maximum absolute atomic E-state index is 12.8. The molecule has 4 heteroatoms. The predicted molar refractivity (Wildman–Crippen MR) is 109 cm³/mol. The molecule has 1 amide bonds. The molecule has 3 aromatic rings. The summed E-state index contributed by atoms with van der Waals surface area (Å²) in [5, 5.41) is 4.05. The predicted octanol–water partition coefficient (Wildman–Crippen LogP) is 4.37. The first kappa shape index (κ1) is 16.6. The Bertz CT molecular complexity index is 986. The molecule has 0 saturated heterocycles. The molecule has 1 aliphatic heterocycles. The lowest BCUT2D eigenvalue weighted by atomic mass is 9.91. The highest BCUT2D eigenvalue weighted by Gasteiger charge is 2.26. The Labute approximate surface area is 159 Å². The van der Waals surface area contributed by atoms with E-state index in [-0.39, 0.29) is 5.91 Å². The van der Waals surface area contributed by atoms with Gasteiger partial charge in [-0.25, -0.2) is 0 Å². The van der Waals surface area contributed by atoms with Gasteiger partial charge in [0.15, 0.2) is 0 Å². The molecule has 4 nitrogen and oxygen atoms in total. The third-order valence-corrected chi connectivity index (χ3v) is 6.23. The van der Waals surface area contributed by atoms with E-state index in [1.807, 2.05) is 30.3 Å². The van der Waals surface area contributed by atoms with Crippen LogP contribution in [0.5, 0.6) is 0 Å². The Morgan fingerprint density at radius 2 is 1.85 bits per heavy atom. The molecule has 0 atom stereocenters. The molecule has 5 rings (SSSR count).